The Hall–Kier alpha value is -2.70. The van der Waals surface area contributed by atoms with Gasteiger partial charge in [0.25, 0.3) is 11.8 Å². The number of carboxylic acids is 1. The molecule has 1 atom stereocenters. The highest BCUT2D eigenvalue weighted by molar-refractivity contribution is 6.22. The topological polar surface area (TPSA) is 104 Å². The molecule has 1 aliphatic rings. The number of carboxylic acid groups (broad SMARTS) is 1. The van der Waals surface area contributed by atoms with Crippen molar-refractivity contribution in [1.29, 1.82) is 0 Å². The second-order valence-corrected chi connectivity index (χ2v) is 7.12. The molecule has 1 unspecified atom stereocenters. The fraction of sp³-hybridized carbons (Fsp3) is 0.444. The number of carbonyl (C=O) groups is 4. The van der Waals surface area contributed by atoms with Crippen LogP contribution in [0.25, 0.3) is 0 Å². The largest absolute Gasteiger partial charge is 0.481 e. The van der Waals surface area contributed by atoms with Crippen LogP contribution in [-0.4, -0.2) is 46.3 Å². The van der Waals surface area contributed by atoms with Crippen molar-refractivity contribution in [2.75, 3.05) is 6.54 Å². The number of carbonyl (C=O) groups excluding carboxylic acids is 3. The van der Waals surface area contributed by atoms with Crippen LogP contribution in [0.5, 0.6) is 0 Å². The molecule has 7 nitrogen and oxygen atoms in total. The van der Waals surface area contributed by atoms with E-state index in [0.717, 1.165) is 4.90 Å². The van der Waals surface area contributed by atoms with Crippen molar-refractivity contribution < 1.29 is 24.3 Å². The Morgan fingerprint density at radius 1 is 1.12 bits per heavy atom. The minimum Gasteiger partial charge on any atom is -0.481 e. The van der Waals surface area contributed by atoms with Crippen LogP contribution in [0.3, 0.4) is 0 Å². The molecular formula is C18H22N2O5. The van der Waals surface area contributed by atoms with Gasteiger partial charge in [0.1, 0.15) is 6.04 Å². The van der Waals surface area contributed by atoms with E-state index in [4.69, 9.17) is 5.11 Å². The van der Waals surface area contributed by atoms with Gasteiger partial charge in [-0.2, -0.15) is 0 Å². The van der Waals surface area contributed by atoms with Crippen molar-refractivity contribution in [3.8, 4) is 0 Å². The number of fused-ring (bicyclic) bond motifs is 1. The number of imide groups is 1. The summed E-state index contributed by atoms with van der Waals surface area (Å²) in [6.45, 7) is 6.34. The lowest BCUT2D eigenvalue weighted by Crippen LogP contribution is -2.54. The van der Waals surface area contributed by atoms with Gasteiger partial charge in [-0.15, -0.1) is 0 Å². The van der Waals surface area contributed by atoms with Crippen molar-refractivity contribution in [2.45, 2.75) is 33.7 Å². The third kappa shape index (κ3) is 3.40. The van der Waals surface area contributed by atoms with Crippen LogP contribution in [0.1, 0.15) is 48.4 Å². The Morgan fingerprint density at radius 2 is 1.60 bits per heavy atom. The van der Waals surface area contributed by atoms with Crippen LogP contribution in [0.2, 0.25) is 0 Å². The van der Waals surface area contributed by atoms with Gasteiger partial charge in [0.05, 0.1) is 16.5 Å². The minimum atomic E-state index is -1.15. The van der Waals surface area contributed by atoms with Crippen LogP contribution >= 0.6 is 0 Å². The quantitative estimate of drug-likeness (QED) is 0.760. The Morgan fingerprint density at radius 3 is 2.00 bits per heavy atom. The number of aliphatic carboxylic acids is 1. The number of nitrogens with one attached hydrogen (secondary N) is 1. The second kappa shape index (κ2) is 6.66. The first-order chi connectivity index (χ1) is 11.6. The van der Waals surface area contributed by atoms with Gasteiger partial charge in [-0.1, -0.05) is 26.0 Å². The average Bonchev–Trinajstić information content (AvgIpc) is 2.78. The Bertz CT molecular complexity index is 704. The van der Waals surface area contributed by atoms with E-state index in [0.29, 0.717) is 0 Å². The van der Waals surface area contributed by atoms with E-state index in [1.807, 2.05) is 0 Å². The maximum absolute atomic E-state index is 12.6. The van der Waals surface area contributed by atoms with Crippen molar-refractivity contribution >= 4 is 23.7 Å². The first kappa shape index (κ1) is 18.6. The summed E-state index contributed by atoms with van der Waals surface area (Å²) in [6.07, 6.45) is 0. The number of amides is 3. The minimum absolute atomic E-state index is 0.104. The van der Waals surface area contributed by atoms with Gasteiger partial charge < -0.3 is 10.4 Å². The summed E-state index contributed by atoms with van der Waals surface area (Å²) < 4.78 is 0. The summed E-state index contributed by atoms with van der Waals surface area (Å²) in [4.78, 5) is 50.0. The van der Waals surface area contributed by atoms with Gasteiger partial charge in [0.2, 0.25) is 5.91 Å². The van der Waals surface area contributed by atoms with Crippen LogP contribution in [-0.2, 0) is 9.59 Å². The smallest absolute Gasteiger partial charge is 0.310 e. The summed E-state index contributed by atoms with van der Waals surface area (Å²) in [6, 6.07) is 5.43. The van der Waals surface area contributed by atoms with E-state index in [9.17, 15) is 19.2 Å². The van der Waals surface area contributed by atoms with Gasteiger partial charge in [-0.3, -0.25) is 24.1 Å². The van der Waals surface area contributed by atoms with E-state index in [1.54, 1.807) is 38.1 Å². The van der Waals surface area contributed by atoms with Gasteiger partial charge in [-0.05, 0) is 31.9 Å². The molecular weight excluding hydrogens is 324 g/mol. The summed E-state index contributed by atoms with van der Waals surface area (Å²) in [5.74, 6) is -2.93. The third-order valence-corrected chi connectivity index (χ3v) is 4.29. The maximum atomic E-state index is 12.6. The van der Waals surface area contributed by atoms with E-state index in [2.05, 4.69) is 5.32 Å². The molecule has 0 aromatic heterocycles. The number of benzene rings is 1. The van der Waals surface area contributed by atoms with E-state index in [-0.39, 0.29) is 23.6 Å². The molecule has 7 heteroatoms. The monoisotopic (exact) mass is 346 g/mol. The van der Waals surface area contributed by atoms with E-state index < -0.39 is 35.1 Å². The lowest BCUT2D eigenvalue weighted by molar-refractivity contribution is -0.147. The zero-order valence-electron chi connectivity index (χ0n) is 14.7. The average molecular weight is 346 g/mol. The number of nitrogens with zero attached hydrogens (tertiary/aromatic N) is 1. The van der Waals surface area contributed by atoms with Gasteiger partial charge in [0, 0.05) is 6.54 Å². The number of rotatable bonds is 6. The molecule has 0 aliphatic carbocycles. The summed E-state index contributed by atoms with van der Waals surface area (Å²) in [5.41, 5.74) is -0.604. The lowest BCUT2D eigenvalue weighted by Gasteiger charge is -2.29. The van der Waals surface area contributed by atoms with Crippen LogP contribution in [0, 0.1) is 11.3 Å². The lowest BCUT2D eigenvalue weighted by atomic mass is 9.93. The normalized spacial score (nSPS) is 15.3. The molecule has 0 fully saturated rings. The molecule has 0 spiro atoms. The third-order valence-electron chi connectivity index (χ3n) is 4.29. The standard InChI is InChI=1S/C18H22N2O5/c1-10(2)13(14(21)19-9-18(3,4)17(24)25)20-15(22)11-7-5-6-8-12(11)16(20)23/h5-8,10,13H,9H2,1-4H3,(H,19,21)(H,24,25). The number of hydrogen-bond donors (Lipinski definition) is 2. The molecule has 1 aliphatic heterocycles. The molecule has 0 saturated carbocycles. The highest BCUT2D eigenvalue weighted by Gasteiger charge is 2.44. The summed E-state index contributed by atoms with van der Waals surface area (Å²) >= 11 is 0. The zero-order valence-corrected chi connectivity index (χ0v) is 14.7. The summed E-state index contributed by atoms with van der Waals surface area (Å²) in [7, 11) is 0. The SMILES string of the molecule is CC(C)C(C(=O)NCC(C)(C)C(=O)O)N1C(=O)c2ccccc2C1=O. The molecule has 1 aromatic rings. The maximum Gasteiger partial charge on any atom is 0.310 e. The second-order valence-electron chi connectivity index (χ2n) is 7.12. The van der Waals surface area contributed by atoms with Gasteiger partial charge >= 0.3 is 5.97 Å². The Kier molecular flexibility index (Phi) is 4.97. The molecule has 0 radical (unpaired) electrons. The van der Waals surface area contributed by atoms with Crippen LogP contribution in [0.15, 0.2) is 24.3 Å². The van der Waals surface area contributed by atoms with Gasteiger partial charge in [0.15, 0.2) is 0 Å². The van der Waals surface area contributed by atoms with Crippen molar-refractivity contribution in [3.63, 3.8) is 0 Å². The van der Waals surface area contributed by atoms with Gasteiger partial charge in [-0.25, -0.2) is 0 Å². The molecule has 134 valence electrons. The van der Waals surface area contributed by atoms with Crippen LogP contribution in [0.4, 0.5) is 0 Å². The van der Waals surface area contributed by atoms with Crippen molar-refractivity contribution in [1.82, 2.24) is 10.2 Å². The highest BCUT2D eigenvalue weighted by Crippen LogP contribution is 2.27. The molecule has 25 heavy (non-hydrogen) atoms. The molecule has 1 aromatic carbocycles. The van der Waals surface area contributed by atoms with Crippen molar-refractivity contribution in [3.05, 3.63) is 35.4 Å². The fourth-order valence-corrected chi connectivity index (χ4v) is 2.67. The zero-order chi connectivity index (χ0) is 18.9. The first-order valence-electron chi connectivity index (χ1n) is 8.06. The van der Waals surface area contributed by atoms with E-state index in [1.165, 1.54) is 13.8 Å². The highest BCUT2D eigenvalue weighted by atomic mass is 16.4. The fourth-order valence-electron chi connectivity index (χ4n) is 2.67. The predicted octanol–water partition coefficient (Wildman–Crippen LogP) is 1.53. The predicted molar refractivity (Wildman–Crippen MR) is 90.0 cm³/mol. The Balaban J connectivity index is 2.25. The van der Waals surface area contributed by atoms with Crippen molar-refractivity contribution in [2.24, 2.45) is 11.3 Å². The van der Waals surface area contributed by atoms with Crippen LogP contribution < -0.4 is 5.32 Å². The van der Waals surface area contributed by atoms with E-state index >= 15 is 0 Å². The molecule has 0 saturated heterocycles. The number of hydrogen-bond acceptors (Lipinski definition) is 4. The molecule has 3 amide bonds. The molecule has 1 heterocycles. The summed E-state index contributed by atoms with van der Waals surface area (Å²) in [5, 5.41) is 11.7. The molecule has 2 N–H and O–H groups in total. The Labute approximate surface area is 146 Å². The first-order valence-corrected chi connectivity index (χ1v) is 8.06. The molecule has 0 bridgehead atoms. The molecule has 2 rings (SSSR count).